The van der Waals surface area contributed by atoms with Crippen LogP contribution in [0.3, 0.4) is 0 Å². The van der Waals surface area contributed by atoms with E-state index in [1.165, 1.54) is 17.0 Å². The standard InChI is InChI=1S/C18H18ClNO5S/c1-20(10-13-4-2-7-26-13)16(21)11-25-18(22)12-8-14(19)17-15(9-12)23-5-3-6-24-17/h2,4,7-9H,3,5-6,10-11H2,1H3. The number of hydrogen-bond acceptors (Lipinski definition) is 6. The summed E-state index contributed by atoms with van der Waals surface area (Å²) in [7, 11) is 1.67. The van der Waals surface area contributed by atoms with Crippen molar-refractivity contribution in [2.45, 2.75) is 13.0 Å². The van der Waals surface area contributed by atoms with Gasteiger partial charge in [-0.1, -0.05) is 17.7 Å². The Morgan fingerprint density at radius 2 is 2.12 bits per heavy atom. The van der Waals surface area contributed by atoms with Gasteiger partial charge in [0.15, 0.2) is 18.1 Å². The molecule has 0 radical (unpaired) electrons. The molecule has 8 heteroatoms. The minimum atomic E-state index is -0.638. The van der Waals surface area contributed by atoms with Crippen molar-refractivity contribution in [3.8, 4) is 11.5 Å². The molecular weight excluding hydrogens is 378 g/mol. The molecule has 6 nitrogen and oxygen atoms in total. The summed E-state index contributed by atoms with van der Waals surface area (Å²) in [6, 6.07) is 6.85. The fraction of sp³-hybridized carbons (Fsp3) is 0.333. The Hall–Kier alpha value is -2.25. The third-order valence-corrected chi connectivity index (χ3v) is 4.91. The number of esters is 1. The first-order valence-electron chi connectivity index (χ1n) is 8.07. The lowest BCUT2D eigenvalue weighted by atomic mass is 10.2. The van der Waals surface area contributed by atoms with Crippen molar-refractivity contribution < 1.29 is 23.8 Å². The Bertz CT molecular complexity index is 793. The maximum atomic E-state index is 12.3. The number of amides is 1. The van der Waals surface area contributed by atoms with Crippen LogP contribution in [0.4, 0.5) is 0 Å². The van der Waals surface area contributed by atoms with E-state index in [-0.39, 0.29) is 23.1 Å². The van der Waals surface area contributed by atoms with E-state index in [2.05, 4.69) is 0 Å². The molecule has 1 aliphatic rings. The predicted molar refractivity (Wildman–Crippen MR) is 98.1 cm³/mol. The fourth-order valence-corrected chi connectivity index (χ4v) is 3.42. The summed E-state index contributed by atoms with van der Waals surface area (Å²) in [6.45, 7) is 1.12. The lowest BCUT2D eigenvalue weighted by Gasteiger charge is -2.16. The van der Waals surface area contributed by atoms with Crippen LogP contribution in [0, 0.1) is 0 Å². The van der Waals surface area contributed by atoms with Gasteiger partial charge in [0, 0.05) is 18.3 Å². The zero-order valence-electron chi connectivity index (χ0n) is 14.2. The number of carbonyl (C=O) groups excluding carboxylic acids is 2. The van der Waals surface area contributed by atoms with Gasteiger partial charge in [0.1, 0.15) is 0 Å². The third-order valence-electron chi connectivity index (χ3n) is 3.76. The maximum Gasteiger partial charge on any atom is 0.338 e. The first kappa shape index (κ1) is 18.5. The van der Waals surface area contributed by atoms with E-state index in [9.17, 15) is 9.59 Å². The zero-order valence-corrected chi connectivity index (χ0v) is 15.8. The fourth-order valence-electron chi connectivity index (χ4n) is 2.39. The number of carbonyl (C=O) groups is 2. The molecule has 0 N–H and O–H groups in total. The van der Waals surface area contributed by atoms with E-state index in [0.29, 0.717) is 31.3 Å². The molecule has 0 aliphatic carbocycles. The molecule has 1 amide bonds. The topological polar surface area (TPSA) is 65.1 Å². The van der Waals surface area contributed by atoms with Crippen molar-refractivity contribution in [1.29, 1.82) is 0 Å². The van der Waals surface area contributed by atoms with Crippen molar-refractivity contribution in [2.24, 2.45) is 0 Å². The van der Waals surface area contributed by atoms with Crippen LogP contribution in [-0.2, 0) is 16.1 Å². The highest BCUT2D eigenvalue weighted by molar-refractivity contribution is 7.09. The summed E-state index contributed by atoms with van der Waals surface area (Å²) in [5, 5.41) is 2.22. The van der Waals surface area contributed by atoms with Gasteiger partial charge in [-0.15, -0.1) is 11.3 Å². The Morgan fingerprint density at radius 1 is 1.31 bits per heavy atom. The largest absolute Gasteiger partial charge is 0.489 e. The van der Waals surface area contributed by atoms with E-state index < -0.39 is 5.97 Å². The van der Waals surface area contributed by atoms with Crippen LogP contribution in [0.5, 0.6) is 11.5 Å². The number of nitrogens with zero attached hydrogens (tertiary/aromatic N) is 1. The average molecular weight is 396 g/mol. The van der Waals surface area contributed by atoms with Gasteiger partial charge in [0.25, 0.3) is 5.91 Å². The molecule has 0 spiro atoms. The first-order chi connectivity index (χ1) is 12.5. The highest BCUT2D eigenvalue weighted by Crippen LogP contribution is 2.38. The van der Waals surface area contributed by atoms with Crippen LogP contribution in [0.1, 0.15) is 21.7 Å². The molecule has 3 rings (SSSR count). The number of ether oxygens (including phenoxy) is 3. The van der Waals surface area contributed by atoms with Crippen LogP contribution in [0.2, 0.25) is 5.02 Å². The van der Waals surface area contributed by atoms with Crippen LogP contribution >= 0.6 is 22.9 Å². The monoisotopic (exact) mass is 395 g/mol. The average Bonchev–Trinajstić information content (AvgIpc) is 3.01. The van der Waals surface area contributed by atoms with Crippen LogP contribution in [0.15, 0.2) is 29.6 Å². The Morgan fingerprint density at radius 3 is 2.88 bits per heavy atom. The van der Waals surface area contributed by atoms with Gasteiger partial charge in [0.2, 0.25) is 0 Å². The van der Waals surface area contributed by atoms with E-state index in [4.69, 9.17) is 25.8 Å². The molecule has 2 aromatic rings. The van der Waals surface area contributed by atoms with E-state index >= 15 is 0 Å². The van der Waals surface area contributed by atoms with Gasteiger partial charge < -0.3 is 19.1 Å². The molecule has 0 bridgehead atoms. The third kappa shape index (κ3) is 4.47. The second-order valence-electron chi connectivity index (χ2n) is 5.74. The Kier molecular flexibility index (Phi) is 6.00. The maximum absolute atomic E-state index is 12.3. The van der Waals surface area contributed by atoms with Gasteiger partial charge in [-0.25, -0.2) is 4.79 Å². The summed E-state index contributed by atoms with van der Waals surface area (Å²) >= 11 is 7.73. The minimum Gasteiger partial charge on any atom is -0.489 e. The number of thiophene rings is 1. The Balaban J connectivity index is 1.60. The number of hydrogen-bond donors (Lipinski definition) is 0. The molecule has 0 fully saturated rings. The van der Waals surface area contributed by atoms with Gasteiger partial charge in [-0.05, 0) is 23.6 Å². The lowest BCUT2D eigenvalue weighted by Crippen LogP contribution is -2.30. The van der Waals surface area contributed by atoms with Crippen LogP contribution in [0.25, 0.3) is 0 Å². The molecule has 1 aromatic heterocycles. The van der Waals surface area contributed by atoms with Gasteiger partial charge in [0.05, 0.1) is 30.3 Å². The molecule has 1 aliphatic heterocycles. The number of rotatable bonds is 5. The van der Waals surface area contributed by atoms with Crippen molar-refractivity contribution in [3.63, 3.8) is 0 Å². The highest BCUT2D eigenvalue weighted by atomic mass is 35.5. The summed E-state index contributed by atoms with van der Waals surface area (Å²) in [6.07, 6.45) is 0.732. The number of benzene rings is 1. The van der Waals surface area contributed by atoms with Crippen molar-refractivity contribution in [1.82, 2.24) is 4.90 Å². The summed E-state index contributed by atoms with van der Waals surface area (Å²) in [5.41, 5.74) is 0.216. The molecular formula is C18H18ClNO5S. The SMILES string of the molecule is CN(Cc1cccs1)C(=O)COC(=O)c1cc(Cl)c2c(c1)OCCCO2. The molecule has 1 aromatic carbocycles. The van der Waals surface area contributed by atoms with E-state index in [1.54, 1.807) is 18.4 Å². The van der Waals surface area contributed by atoms with Crippen molar-refractivity contribution in [2.75, 3.05) is 26.9 Å². The van der Waals surface area contributed by atoms with E-state index in [0.717, 1.165) is 11.3 Å². The second kappa shape index (κ2) is 8.42. The molecule has 0 atom stereocenters. The summed E-state index contributed by atoms with van der Waals surface area (Å²) in [5.74, 6) is -0.0943. The quantitative estimate of drug-likeness (QED) is 0.726. The normalized spacial score (nSPS) is 13.0. The van der Waals surface area contributed by atoms with Crippen molar-refractivity contribution in [3.05, 3.63) is 45.1 Å². The van der Waals surface area contributed by atoms with Crippen LogP contribution in [-0.4, -0.2) is 43.6 Å². The number of fused-ring (bicyclic) bond motifs is 1. The molecule has 0 saturated carbocycles. The van der Waals surface area contributed by atoms with E-state index in [1.807, 2.05) is 17.5 Å². The van der Waals surface area contributed by atoms with Gasteiger partial charge in [-0.3, -0.25) is 4.79 Å². The van der Waals surface area contributed by atoms with Crippen LogP contribution < -0.4 is 9.47 Å². The lowest BCUT2D eigenvalue weighted by molar-refractivity contribution is -0.133. The predicted octanol–water partition coefficient (Wildman–Crippen LogP) is 3.38. The molecule has 2 heterocycles. The van der Waals surface area contributed by atoms with Gasteiger partial charge in [-0.2, -0.15) is 0 Å². The molecule has 26 heavy (non-hydrogen) atoms. The molecule has 0 saturated heterocycles. The zero-order chi connectivity index (χ0) is 18.5. The first-order valence-corrected chi connectivity index (χ1v) is 9.33. The van der Waals surface area contributed by atoms with Crippen molar-refractivity contribution >= 4 is 34.8 Å². The smallest absolute Gasteiger partial charge is 0.338 e. The molecule has 138 valence electrons. The number of likely N-dealkylation sites (N-methyl/N-ethyl adjacent to an activating group) is 1. The summed E-state index contributed by atoms with van der Waals surface area (Å²) in [4.78, 5) is 27.0. The summed E-state index contributed by atoms with van der Waals surface area (Å²) < 4.78 is 16.2. The number of halogens is 1. The minimum absolute atomic E-state index is 0.216. The Labute approximate surface area is 160 Å². The van der Waals surface area contributed by atoms with Gasteiger partial charge >= 0.3 is 5.97 Å². The molecule has 0 unspecified atom stereocenters. The second-order valence-corrected chi connectivity index (χ2v) is 7.18. The highest BCUT2D eigenvalue weighted by Gasteiger charge is 2.20.